The molecular formula is C16H20N2O4. The Morgan fingerprint density at radius 3 is 2.73 bits per heavy atom. The van der Waals surface area contributed by atoms with Crippen LogP contribution >= 0.6 is 0 Å². The van der Waals surface area contributed by atoms with Crippen molar-refractivity contribution in [3.8, 4) is 11.5 Å². The molecule has 6 nitrogen and oxygen atoms in total. The van der Waals surface area contributed by atoms with Crippen LogP contribution in [0.5, 0.6) is 11.5 Å². The molecule has 118 valence electrons. The van der Waals surface area contributed by atoms with Crippen LogP contribution in [0.1, 0.15) is 18.7 Å². The van der Waals surface area contributed by atoms with Crippen molar-refractivity contribution in [1.29, 1.82) is 0 Å². The van der Waals surface area contributed by atoms with Gasteiger partial charge in [0.05, 0.1) is 38.8 Å². The number of amides is 1. The summed E-state index contributed by atoms with van der Waals surface area (Å²) in [4.78, 5) is 12.0. The first-order chi connectivity index (χ1) is 10.6. The van der Waals surface area contributed by atoms with Gasteiger partial charge in [-0.2, -0.15) is 0 Å². The molecular weight excluding hydrogens is 284 g/mol. The van der Waals surface area contributed by atoms with E-state index in [1.807, 2.05) is 19.1 Å². The van der Waals surface area contributed by atoms with Gasteiger partial charge in [-0.05, 0) is 31.2 Å². The zero-order valence-electron chi connectivity index (χ0n) is 12.9. The van der Waals surface area contributed by atoms with Crippen molar-refractivity contribution >= 4 is 11.6 Å². The van der Waals surface area contributed by atoms with E-state index in [1.54, 1.807) is 38.7 Å². The van der Waals surface area contributed by atoms with Crippen molar-refractivity contribution in [3.63, 3.8) is 0 Å². The van der Waals surface area contributed by atoms with Crippen molar-refractivity contribution in [2.24, 2.45) is 0 Å². The fourth-order valence-electron chi connectivity index (χ4n) is 1.98. The van der Waals surface area contributed by atoms with Crippen LogP contribution in [0, 0.1) is 0 Å². The second kappa shape index (κ2) is 7.51. The van der Waals surface area contributed by atoms with E-state index in [-0.39, 0.29) is 18.5 Å². The standard InChI is InChI=1S/C16H20N2O4/c1-11(14-5-4-8-22-14)17-10-16(19)18-13-7-6-12(20-2)9-15(13)21-3/h4-9,11,17H,10H2,1-3H3,(H,18,19)/t11-/m0/s1. The summed E-state index contributed by atoms with van der Waals surface area (Å²) in [5.74, 6) is 1.84. The monoisotopic (exact) mass is 304 g/mol. The van der Waals surface area contributed by atoms with E-state index in [9.17, 15) is 4.79 Å². The molecule has 1 aromatic heterocycles. The summed E-state index contributed by atoms with van der Waals surface area (Å²) in [6.07, 6.45) is 1.61. The SMILES string of the molecule is COc1ccc(NC(=O)CN[C@@H](C)c2ccco2)c(OC)c1. The highest BCUT2D eigenvalue weighted by Gasteiger charge is 2.12. The summed E-state index contributed by atoms with van der Waals surface area (Å²) in [6, 6.07) is 8.85. The fourth-order valence-corrected chi connectivity index (χ4v) is 1.98. The molecule has 0 aliphatic rings. The zero-order chi connectivity index (χ0) is 15.9. The van der Waals surface area contributed by atoms with Crippen LogP contribution in [0.15, 0.2) is 41.0 Å². The molecule has 6 heteroatoms. The molecule has 2 N–H and O–H groups in total. The Bertz CT molecular complexity index is 611. The quantitative estimate of drug-likeness (QED) is 0.822. The number of hydrogen-bond acceptors (Lipinski definition) is 5. The van der Waals surface area contributed by atoms with Crippen LogP contribution in [0.3, 0.4) is 0 Å². The second-order valence-electron chi connectivity index (χ2n) is 4.73. The Labute approximate surface area is 129 Å². The molecule has 0 unspecified atom stereocenters. The molecule has 0 saturated carbocycles. The Morgan fingerprint density at radius 2 is 2.09 bits per heavy atom. The van der Waals surface area contributed by atoms with Crippen molar-refractivity contribution in [2.75, 3.05) is 26.1 Å². The maximum Gasteiger partial charge on any atom is 0.238 e. The minimum atomic E-state index is -0.165. The normalized spacial score (nSPS) is 11.8. The Morgan fingerprint density at radius 1 is 1.27 bits per heavy atom. The van der Waals surface area contributed by atoms with Gasteiger partial charge in [-0.25, -0.2) is 0 Å². The fraction of sp³-hybridized carbons (Fsp3) is 0.312. The van der Waals surface area contributed by atoms with Crippen LogP contribution in [0.2, 0.25) is 0 Å². The molecule has 0 spiro atoms. The second-order valence-corrected chi connectivity index (χ2v) is 4.73. The molecule has 2 rings (SSSR count). The van der Waals surface area contributed by atoms with Gasteiger partial charge in [0.25, 0.3) is 0 Å². The number of anilines is 1. The number of furan rings is 1. The van der Waals surface area contributed by atoms with E-state index in [0.717, 1.165) is 5.76 Å². The molecule has 0 radical (unpaired) electrons. The number of carbonyl (C=O) groups excluding carboxylic acids is 1. The molecule has 0 aliphatic carbocycles. The van der Waals surface area contributed by atoms with Crippen LogP contribution in [-0.2, 0) is 4.79 Å². The van der Waals surface area contributed by atoms with Gasteiger partial charge in [-0.15, -0.1) is 0 Å². The van der Waals surface area contributed by atoms with Gasteiger partial charge >= 0.3 is 0 Å². The third kappa shape index (κ3) is 4.02. The number of carbonyl (C=O) groups is 1. The Kier molecular flexibility index (Phi) is 5.43. The number of hydrogen-bond donors (Lipinski definition) is 2. The molecule has 0 aliphatic heterocycles. The molecule has 2 aromatic rings. The average Bonchev–Trinajstić information content (AvgIpc) is 3.07. The Hall–Kier alpha value is -2.47. The molecule has 1 aromatic carbocycles. The maximum atomic E-state index is 12.0. The highest BCUT2D eigenvalue weighted by atomic mass is 16.5. The molecule has 1 heterocycles. The van der Waals surface area contributed by atoms with E-state index in [2.05, 4.69) is 10.6 Å². The van der Waals surface area contributed by atoms with Gasteiger partial charge in [0, 0.05) is 6.07 Å². The lowest BCUT2D eigenvalue weighted by molar-refractivity contribution is -0.115. The van der Waals surface area contributed by atoms with Gasteiger partial charge in [-0.1, -0.05) is 0 Å². The first kappa shape index (κ1) is 15.9. The van der Waals surface area contributed by atoms with Gasteiger partial charge in [0.2, 0.25) is 5.91 Å². The highest BCUT2D eigenvalue weighted by Crippen LogP contribution is 2.28. The smallest absolute Gasteiger partial charge is 0.238 e. The van der Waals surface area contributed by atoms with Crippen molar-refractivity contribution in [2.45, 2.75) is 13.0 Å². The average molecular weight is 304 g/mol. The zero-order valence-corrected chi connectivity index (χ0v) is 12.9. The summed E-state index contributed by atoms with van der Waals surface area (Å²) in [7, 11) is 3.12. The summed E-state index contributed by atoms with van der Waals surface area (Å²) >= 11 is 0. The first-order valence-electron chi connectivity index (χ1n) is 6.92. The lowest BCUT2D eigenvalue weighted by Crippen LogP contribution is -2.30. The lowest BCUT2D eigenvalue weighted by Gasteiger charge is -2.13. The van der Waals surface area contributed by atoms with Crippen molar-refractivity contribution in [1.82, 2.24) is 5.32 Å². The number of rotatable bonds is 7. The minimum absolute atomic E-state index is 0.0430. The van der Waals surface area contributed by atoms with Crippen LogP contribution in [-0.4, -0.2) is 26.7 Å². The molecule has 0 bridgehead atoms. The lowest BCUT2D eigenvalue weighted by atomic mass is 10.2. The summed E-state index contributed by atoms with van der Waals surface area (Å²) in [6.45, 7) is 2.09. The third-order valence-electron chi connectivity index (χ3n) is 3.22. The van der Waals surface area contributed by atoms with Crippen molar-refractivity contribution < 1.29 is 18.7 Å². The summed E-state index contributed by atoms with van der Waals surface area (Å²) in [5.41, 5.74) is 0.598. The summed E-state index contributed by atoms with van der Waals surface area (Å²) in [5, 5.41) is 5.89. The molecule has 1 atom stereocenters. The van der Waals surface area contributed by atoms with Gasteiger partial charge in [-0.3, -0.25) is 10.1 Å². The third-order valence-corrected chi connectivity index (χ3v) is 3.22. The van der Waals surface area contributed by atoms with Crippen LogP contribution in [0.4, 0.5) is 5.69 Å². The van der Waals surface area contributed by atoms with E-state index < -0.39 is 0 Å². The summed E-state index contributed by atoms with van der Waals surface area (Å²) < 4.78 is 15.6. The van der Waals surface area contributed by atoms with Gasteiger partial charge in [0.1, 0.15) is 17.3 Å². The molecule has 0 fully saturated rings. The first-order valence-corrected chi connectivity index (χ1v) is 6.92. The number of methoxy groups -OCH3 is 2. The molecule has 0 saturated heterocycles. The van der Waals surface area contributed by atoms with E-state index in [4.69, 9.17) is 13.9 Å². The van der Waals surface area contributed by atoms with E-state index in [1.165, 1.54) is 0 Å². The predicted molar refractivity (Wildman–Crippen MR) is 83.3 cm³/mol. The van der Waals surface area contributed by atoms with Gasteiger partial charge < -0.3 is 19.2 Å². The largest absolute Gasteiger partial charge is 0.497 e. The highest BCUT2D eigenvalue weighted by molar-refractivity contribution is 5.93. The number of ether oxygens (including phenoxy) is 2. The topological polar surface area (TPSA) is 72.7 Å². The van der Waals surface area contributed by atoms with Crippen molar-refractivity contribution in [3.05, 3.63) is 42.4 Å². The van der Waals surface area contributed by atoms with Crippen LogP contribution in [0.25, 0.3) is 0 Å². The predicted octanol–water partition coefficient (Wildman–Crippen LogP) is 2.59. The minimum Gasteiger partial charge on any atom is -0.497 e. The molecule has 1 amide bonds. The Balaban J connectivity index is 1.92. The maximum absolute atomic E-state index is 12.0. The number of benzene rings is 1. The molecule has 22 heavy (non-hydrogen) atoms. The van der Waals surface area contributed by atoms with Gasteiger partial charge in [0.15, 0.2) is 0 Å². The van der Waals surface area contributed by atoms with E-state index >= 15 is 0 Å². The van der Waals surface area contributed by atoms with E-state index in [0.29, 0.717) is 17.2 Å². The van der Waals surface area contributed by atoms with Crippen LogP contribution < -0.4 is 20.1 Å². The number of nitrogens with one attached hydrogen (secondary N) is 2.